The van der Waals surface area contributed by atoms with Gasteiger partial charge in [0.05, 0.1) is 11.3 Å². The van der Waals surface area contributed by atoms with Crippen LogP contribution in [0.5, 0.6) is 0 Å². The fourth-order valence-corrected chi connectivity index (χ4v) is 6.11. The van der Waals surface area contributed by atoms with Crippen LogP contribution in [-0.4, -0.2) is 42.4 Å². The summed E-state index contributed by atoms with van der Waals surface area (Å²) in [6.07, 6.45) is 2.41. The van der Waals surface area contributed by atoms with Crippen LogP contribution in [0.25, 0.3) is 11.3 Å². The van der Waals surface area contributed by atoms with E-state index in [0.717, 1.165) is 28.9 Å². The first kappa shape index (κ1) is 22.1. The van der Waals surface area contributed by atoms with Crippen LogP contribution in [0.3, 0.4) is 0 Å². The zero-order valence-electron chi connectivity index (χ0n) is 19.4. The number of piperidine rings is 3. The van der Waals surface area contributed by atoms with Gasteiger partial charge in [0.15, 0.2) is 0 Å². The molecule has 0 unspecified atom stereocenters. The number of fused-ring (bicyclic) bond motifs is 4. The first-order valence-corrected chi connectivity index (χ1v) is 13.1. The molecule has 35 heavy (non-hydrogen) atoms. The third-order valence-corrected chi connectivity index (χ3v) is 8.05. The molecule has 6 nitrogen and oxygen atoms in total. The Morgan fingerprint density at radius 3 is 2.60 bits per heavy atom. The van der Waals surface area contributed by atoms with Gasteiger partial charge < -0.3 is 20.9 Å². The van der Waals surface area contributed by atoms with Crippen molar-refractivity contribution in [3.63, 3.8) is 0 Å². The summed E-state index contributed by atoms with van der Waals surface area (Å²) in [5, 5.41) is 13.9. The monoisotopic (exact) mass is 484 g/mol. The smallest absolute Gasteiger partial charge is 0.258 e. The number of anilines is 1. The van der Waals surface area contributed by atoms with Crippen LogP contribution >= 0.6 is 11.3 Å². The molecule has 2 bridgehead atoms. The summed E-state index contributed by atoms with van der Waals surface area (Å²) >= 11 is 1.63. The van der Waals surface area contributed by atoms with Crippen molar-refractivity contribution in [2.24, 2.45) is 5.92 Å². The van der Waals surface area contributed by atoms with Gasteiger partial charge in [0.1, 0.15) is 0 Å². The molecule has 4 aliphatic heterocycles. The Hall–Kier alpha value is -3.42. The molecule has 5 heterocycles. The molecule has 0 saturated carbocycles. The zero-order chi connectivity index (χ0) is 23.8. The van der Waals surface area contributed by atoms with Gasteiger partial charge in [-0.1, -0.05) is 36.4 Å². The molecule has 7 rings (SSSR count). The van der Waals surface area contributed by atoms with Gasteiger partial charge in [-0.2, -0.15) is 11.3 Å². The second-order valence-corrected chi connectivity index (χ2v) is 10.3. The van der Waals surface area contributed by atoms with Crippen LogP contribution in [0.4, 0.5) is 5.69 Å². The Balaban J connectivity index is 1.29. The Morgan fingerprint density at radius 1 is 1.06 bits per heavy atom. The summed E-state index contributed by atoms with van der Waals surface area (Å²) in [4.78, 5) is 28.5. The summed E-state index contributed by atoms with van der Waals surface area (Å²) in [5.74, 6) is 0.345. The molecule has 0 aliphatic carbocycles. The lowest BCUT2D eigenvalue weighted by Gasteiger charge is -2.45. The van der Waals surface area contributed by atoms with E-state index in [1.807, 2.05) is 41.8 Å². The lowest BCUT2D eigenvalue weighted by atomic mass is 9.83. The average Bonchev–Trinajstić information content (AvgIpc) is 3.54. The lowest BCUT2D eigenvalue weighted by molar-refractivity contribution is -0.110. The summed E-state index contributed by atoms with van der Waals surface area (Å²) < 4.78 is 0. The van der Waals surface area contributed by atoms with Crippen molar-refractivity contribution in [1.29, 1.82) is 0 Å². The molecule has 178 valence electrons. The van der Waals surface area contributed by atoms with E-state index in [4.69, 9.17) is 0 Å². The maximum atomic E-state index is 13.2. The number of rotatable bonds is 6. The number of nitrogens with zero attached hydrogens (tertiary/aromatic N) is 1. The van der Waals surface area contributed by atoms with Crippen LogP contribution in [0.2, 0.25) is 0 Å². The second-order valence-electron chi connectivity index (χ2n) is 9.53. The maximum absolute atomic E-state index is 13.2. The highest BCUT2D eigenvalue weighted by molar-refractivity contribution is 7.08. The molecular weight excluding hydrogens is 456 g/mol. The van der Waals surface area contributed by atoms with E-state index in [2.05, 4.69) is 32.3 Å². The second kappa shape index (κ2) is 9.32. The van der Waals surface area contributed by atoms with Crippen LogP contribution in [0.1, 0.15) is 39.9 Å². The highest BCUT2D eigenvalue weighted by Crippen LogP contribution is 2.38. The van der Waals surface area contributed by atoms with Crippen molar-refractivity contribution in [3.8, 4) is 0 Å². The Morgan fingerprint density at radius 2 is 1.89 bits per heavy atom. The molecule has 4 aliphatic rings. The molecule has 3 aromatic rings. The molecular formula is C28H28N4O2S. The van der Waals surface area contributed by atoms with Gasteiger partial charge in [0.25, 0.3) is 11.8 Å². The van der Waals surface area contributed by atoms with E-state index >= 15 is 0 Å². The van der Waals surface area contributed by atoms with E-state index in [-0.39, 0.29) is 11.8 Å². The predicted molar refractivity (Wildman–Crippen MR) is 140 cm³/mol. The van der Waals surface area contributed by atoms with Crippen molar-refractivity contribution in [2.75, 3.05) is 25.0 Å². The van der Waals surface area contributed by atoms with Crippen LogP contribution < -0.4 is 16.0 Å². The molecule has 3 N–H and O–H groups in total. The van der Waals surface area contributed by atoms with Gasteiger partial charge in [0, 0.05) is 46.9 Å². The van der Waals surface area contributed by atoms with Crippen LogP contribution in [0.15, 0.2) is 65.4 Å². The minimum absolute atomic E-state index is 0.128. The Labute approximate surface area is 209 Å². The molecule has 3 saturated heterocycles. The van der Waals surface area contributed by atoms with Gasteiger partial charge in [-0.3, -0.25) is 9.59 Å². The SMILES string of the molecule is O=C1Nc2cc(C(=O)NCc3ccccc3)ccc2/C1=C(/N[C@H]1CN2CCC1CC2)c1ccsc1. The number of benzene rings is 2. The van der Waals surface area contributed by atoms with E-state index in [1.165, 1.54) is 25.9 Å². The van der Waals surface area contributed by atoms with Crippen LogP contribution in [-0.2, 0) is 11.3 Å². The summed E-state index contributed by atoms with van der Waals surface area (Å²) in [6, 6.07) is 17.7. The fraction of sp³-hybridized carbons (Fsp3) is 0.286. The molecule has 0 radical (unpaired) electrons. The predicted octanol–water partition coefficient (Wildman–Crippen LogP) is 4.18. The normalized spacial score (nSPS) is 24.0. The summed E-state index contributed by atoms with van der Waals surface area (Å²) in [6.45, 7) is 3.82. The molecule has 2 aromatic carbocycles. The number of hydrogen-bond acceptors (Lipinski definition) is 5. The number of nitrogens with one attached hydrogen (secondary N) is 3. The van der Waals surface area contributed by atoms with Gasteiger partial charge in [0.2, 0.25) is 0 Å². The molecule has 7 heteroatoms. The van der Waals surface area contributed by atoms with Gasteiger partial charge in [-0.25, -0.2) is 0 Å². The molecule has 0 spiro atoms. The van der Waals surface area contributed by atoms with Gasteiger partial charge in [-0.15, -0.1) is 0 Å². The van der Waals surface area contributed by atoms with E-state index in [9.17, 15) is 9.59 Å². The maximum Gasteiger partial charge on any atom is 0.258 e. The molecule has 3 fully saturated rings. The van der Waals surface area contributed by atoms with Crippen molar-refractivity contribution in [1.82, 2.24) is 15.5 Å². The number of hydrogen-bond donors (Lipinski definition) is 3. The number of carbonyl (C=O) groups excluding carboxylic acids is 2. The number of carbonyl (C=O) groups is 2. The largest absolute Gasteiger partial charge is 0.380 e. The number of amides is 2. The molecule has 1 atom stereocenters. The Kier molecular flexibility index (Phi) is 5.88. The quantitative estimate of drug-likeness (QED) is 0.459. The van der Waals surface area contributed by atoms with Crippen LogP contribution in [0, 0.1) is 5.92 Å². The van der Waals surface area contributed by atoms with Gasteiger partial charge >= 0.3 is 0 Å². The van der Waals surface area contributed by atoms with E-state index in [0.29, 0.717) is 35.3 Å². The first-order chi connectivity index (χ1) is 17.2. The fourth-order valence-electron chi connectivity index (χ4n) is 5.46. The third kappa shape index (κ3) is 4.37. The highest BCUT2D eigenvalue weighted by Gasteiger charge is 2.36. The van der Waals surface area contributed by atoms with E-state index < -0.39 is 0 Å². The third-order valence-electron chi connectivity index (χ3n) is 7.37. The minimum Gasteiger partial charge on any atom is -0.380 e. The zero-order valence-corrected chi connectivity index (χ0v) is 20.2. The number of thiophene rings is 1. The summed E-state index contributed by atoms with van der Waals surface area (Å²) in [5.41, 5.74) is 5.68. The minimum atomic E-state index is -0.160. The Bertz CT molecular complexity index is 1280. The topological polar surface area (TPSA) is 73.5 Å². The lowest BCUT2D eigenvalue weighted by Crippen LogP contribution is -2.55. The van der Waals surface area contributed by atoms with Crippen molar-refractivity contribution >= 4 is 40.1 Å². The standard InChI is InChI=1S/C28H28N4O2S/c33-27(29-15-18-4-2-1-3-5-18)20-6-7-22-23(14-20)31-28(34)25(22)26(21-10-13-35-17-21)30-24-16-32-11-8-19(24)9-12-32/h1-7,10,13-14,17,19,24,30H,8-9,11-12,15-16H2,(H,29,33)(H,31,34)/b26-25-/t24-/m0/s1. The van der Waals surface area contributed by atoms with E-state index in [1.54, 1.807) is 23.5 Å². The first-order valence-electron chi connectivity index (χ1n) is 12.2. The molecule has 2 amide bonds. The average molecular weight is 485 g/mol. The van der Waals surface area contributed by atoms with Crippen molar-refractivity contribution < 1.29 is 9.59 Å². The van der Waals surface area contributed by atoms with Crippen molar-refractivity contribution in [2.45, 2.75) is 25.4 Å². The highest BCUT2D eigenvalue weighted by atomic mass is 32.1. The summed E-state index contributed by atoms with van der Waals surface area (Å²) in [7, 11) is 0. The van der Waals surface area contributed by atoms with Crippen molar-refractivity contribution in [3.05, 3.63) is 87.6 Å². The molecule has 1 aromatic heterocycles. The van der Waals surface area contributed by atoms with Gasteiger partial charge in [-0.05, 0) is 61.0 Å².